The molecule has 0 aromatic carbocycles. The molecule has 0 amide bonds. The number of esters is 1. The third kappa shape index (κ3) is 4.76. The standard InChI is InChI=1S/C17H33NO2/c1-5-14(4)13-17(6-2,16(19)20-7-3)18-15-11-9-8-10-12-15/h14-15,18H,5-13H2,1-4H3. The van der Waals surface area contributed by atoms with Gasteiger partial charge in [0.2, 0.25) is 0 Å². The van der Waals surface area contributed by atoms with E-state index < -0.39 is 5.54 Å². The van der Waals surface area contributed by atoms with Gasteiger partial charge >= 0.3 is 5.97 Å². The molecule has 1 aliphatic carbocycles. The zero-order chi connectivity index (χ0) is 15.0. The number of hydrogen-bond donors (Lipinski definition) is 1. The van der Waals surface area contributed by atoms with Crippen LogP contribution in [0.25, 0.3) is 0 Å². The van der Waals surface area contributed by atoms with Gasteiger partial charge in [-0.2, -0.15) is 0 Å². The van der Waals surface area contributed by atoms with Crippen molar-refractivity contribution < 1.29 is 9.53 Å². The highest BCUT2D eigenvalue weighted by Crippen LogP contribution is 2.28. The summed E-state index contributed by atoms with van der Waals surface area (Å²) in [5.74, 6) is 0.490. The Labute approximate surface area is 124 Å². The summed E-state index contributed by atoms with van der Waals surface area (Å²) in [7, 11) is 0. The highest BCUT2D eigenvalue weighted by molar-refractivity contribution is 5.81. The quantitative estimate of drug-likeness (QED) is 0.683. The fraction of sp³-hybridized carbons (Fsp3) is 0.941. The van der Waals surface area contributed by atoms with Gasteiger partial charge in [0, 0.05) is 6.04 Å². The third-order valence-electron chi connectivity index (χ3n) is 4.75. The van der Waals surface area contributed by atoms with Crippen LogP contribution in [0.15, 0.2) is 0 Å². The van der Waals surface area contributed by atoms with E-state index in [0.29, 0.717) is 18.6 Å². The molecule has 3 nitrogen and oxygen atoms in total. The van der Waals surface area contributed by atoms with Gasteiger partial charge in [-0.3, -0.25) is 10.1 Å². The van der Waals surface area contributed by atoms with Crippen molar-refractivity contribution in [1.82, 2.24) is 5.32 Å². The Hall–Kier alpha value is -0.570. The lowest BCUT2D eigenvalue weighted by Gasteiger charge is -2.38. The van der Waals surface area contributed by atoms with Crippen molar-refractivity contribution in [3.05, 3.63) is 0 Å². The number of carbonyl (C=O) groups is 1. The summed E-state index contributed by atoms with van der Waals surface area (Å²) in [4.78, 5) is 12.5. The molecule has 0 aromatic rings. The molecule has 1 N–H and O–H groups in total. The average Bonchev–Trinajstić information content (AvgIpc) is 2.47. The summed E-state index contributed by atoms with van der Waals surface area (Å²) in [6.45, 7) is 8.88. The van der Waals surface area contributed by atoms with E-state index in [2.05, 4.69) is 26.1 Å². The fourth-order valence-electron chi connectivity index (χ4n) is 3.24. The molecule has 1 aliphatic rings. The molecule has 3 heteroatoms. The van der Waals surface area contributed by atoms with E-state index in [1.807, 2.05) is 6.92 Å². The summed E-state index contributed by atoms with van der Waals surface area (Å²) < 4.78 is 5.38. The average molecular weight is 283 g/mol. The molecule has 0 heterocycles. The van der Waals surface area contributed by atoms with E-state index >= 15 is 0 Å². The van der Waals surface area contributed by atoms with Gasteiger partial charge in [-0.1, -0.05) is 46.5 Å². The van der Waals surface area contributed by atoms with Crippen molar-refractivity contribution >= 4 is 5.97 Å². The maximum Gasteiger partial charge on any atom is 0.326 e. The molecular formula is C17H33NO2. The Morgan fingerprint density at radius 3 is 2.40 bits per heavy atom. The van der Waals surface area contributed by atoms with Gasteiger partial charge in [0.1, 0.15) is 5.54 Å². The molecule has 2 unspecified atom stereocenters. The summed E-state index contributed by atoms with van der Waals surface area (Å²) in [6, 6.07) is 0.483. The van der Waals surface area contributed by atoms with Crippen LogP contribution in [0, 0.1) is 5.92 Å². The van der Waals surface area contributed by atoms with Gasteiger partial charge in [0.05, 0.1) is 6.61 Å². The minimum atomic E-state index is -0.479. The van der Waals surface area contributed by atoms with Crippen molar-refractivity contribution in [2.75, 3.05) is 6.61 Å². The first kappa shape index (κ1) is 17.5. The molecule has 20 heavy (non-hydrogen) atoms. The van der Waals surface area contributed by atoms with Crippen molar-refractivity contribution in [1.29, 1.82) is 0 Å². The Morgan fingerprint density at radius 2 is 1.90 bits per heavy atom. The van der Waals surface area contributed by atoms with Crippen molar-refractivity contribution in [2.24, 2.45) is 5.92 Å². The van der Waals surface area contributed by atoms with Crippen LogP contribution in [0.2, 0.25) is 0 Å². The fourth-order valence-corrected chi connectivity index (χ4v) is 3.24. The third-order valence-corrected chi connectivity index (χ3v) is 4.75. The molecule has 2 atom stereocenters. The molecule has 0 bridgehead atoms. The van der Waals surface area contributed by atoms with Gasteiger partial charge in [-0.15, -0.1) is 0 Å². The molecule has 0 spiro atoms. The van der Waals surface area contributed by atoms with Crippen LogP contribution in [0.3, 0.4) is 0 Å². The number of ether oxygens (including phenoxy) is 1. The van der Waals surface area contributed by atoms with Crippen LogP contribution in [-0.4, -0.2) is 24.2 Å². The summed E-state index contributed by atoms with van der Waals surface area (Å²) in [5, 5.41) is 3.69. The first-order valence-electron chi connectivity index (χ1n) is 8.52. The lowest BCUT2D eigenvalue weighted by molar-refractivity contribution is -0.153. The maximum absolute atomic E-state index is 12.5. The zero-order valence-electron chi connectivity index (χ0n) is 13.8. The summed E-state index contributed by atoms with van der Waals surface area (Å²) in [6.07, 6.45) is 9.09. The maximum atomic E-state index is 12.5. The van der Waals surface area contributed by atoms with Gasteiger partial charge in [-0.05, 0) is 38.5 Å². The minimum Gasteiger partial charge on any atom is -0.465 e. The molecule has 1 saturated carbocycles. The lowest BCUT2D eigenvalue weighted by atomic mass is 9.82. The van der Waals surface area contributed by atoms with E-state index in [1.54, 1.807) is 0 Å². The highest BCUT2D eigenvalue weighted by atomic mass is 16.5. The van der Waals surface area contributed by atoms with Crippen LogP contribution in [-0.2, 0) is 9.53 Å². The van der Waals surface area contributed by atoms with Gasteiger partial charge in [-0.25, -0.2) is 0 Å². The van der Waals surface area contributed by atoms with Crippen molar-refractivity contribution in [3.8, 4) is 0 Å². The van der Waals surface area contributed by atoms with Crippen molar-refractivity contribution in [3.63, 3.8) is 0 Å². The molecule has 1 rings (SSSR count). The topological polar surface area (TPSA) is 38.3 Å². The molecular weight excluding hydrogens is 250 g/mol. The predicted octanol–water partition coefficient (Wildman–Crippen LogP) is 4.06. The van der Waals surface area contributed by atoms with Gasteiger partial charge < -0.3 is 4.74 Å². The number of rotatable bonds is 8. The second-order valence-electron chi connectivity index (χ2n) is 6.35. The molecule has 0 radical (unpaired) electrons. The number of hydrogen-bond acceptors (Lipinski definition) is 3. The second kappa shape index (κ2) is 8.66. The molecule has 0 aliphatic heterocycles. The lowest BCUT2D eigenvalue weighted by Crippen LogP contribution is -2.57. The van der Waals surface area contributed by atoms with Crippen LogP contribution >= 0.6 is 0 Å². The van der Waals surface area contributed by atoms with Gasteiger partial charge in [0.25, 0.3) is 0 Å². The summed E-state index contributed by atoms with van der Waals surface area (Å²) in [5.41, 5.74) is -0.479. The van der Waals surface area contributed by atoms with Crippen molar-refractivity contribution in [2.45, 2.75) is 90.6 Å². The van der Waals surface area contributed by atoms with E-state index in [0.717, 1.165) is 19.3 Å². The smallest absolute Gasteiger partial charge is 0.326 e. The Kier molecular flexibility index (Phi) is 7.57. The molecule has 118 valence electrons. The normalized spacial score (nSPS) is 21.2. The van der Waals surface area contributed by atoms with Crippen LogP contribution in [0.1, 0.15) is 79.1 Å². The van der Waals surface area contributed by atoms with Gasteiger partial charge in [0.15, 0.2) is 0 Å². The van der Waals surface area contributed by atoms with Crippen LogP contribution < -0.4 is 5.32 Å². The largest absolute Gasteiger partial charge is 0.465 e. The molecule has 1 fully saturated rings. The van der Waals surface area contributed by atoms with E-state index in [1.165, 1.54) is 32.1 Å². The van der Waals surface area contributed by atoms with Crippen LogP contribution in [0.5, 0.6) is 0 Å². The number of nitrogens with one attached hydrogen (secondary N) is 1. The Bertz CT molecular complexity index is 287. The SMILES string of the molecule is CCOC(=O)C(CC)(CC(C)CC)NC1CCCCC1. The first-order valence-corrected chi connectivity index (χ1v) is 8.52. The summed E-state index contributed by atoms with van der Waals surface area (Å²) >= 11 is 0. The van der Waals surface area contributed by atoms with E-state index in [-0.39, 0.29) is 5.97 Å². The Morgan fingerprint density at radius 1 is 1.25 bits per heavy atom. The Balaban J connectivity index is 2.81. The zero-order valence-corrected chi connectivity index (χ0v) is 13.8. The highest BCUT2D eigenvalue weighted by Gasteiger charge is 2.40. The monoisotopic (exact) mass is 283 g/mol. The number of carbonyl (C=O) groups excluding carboxylic acids is 1. The first-order chi connectivity index (χ1) is 9.57. The minimum absolute atomic E-state index is 0.0478. The van der Waals surface area contributed by atoms with E-state index in [4.69, 9.17) is 4.74 Å². The predicted molar refractivity (Wildman–Crippen MR) is 83.7 cm³/mol. The van der Waals surface area contributed by atoms with Crippen LogP contribution in [0.4, 0.5) is 0 Å². The molecule has 0 saturated heterocycles. The molecule has 0 aromatic heterocycles. The second-order valence-corrected chi connectivity index (χ2v) is 6.35. The van der Waals surface area contributed by atoms with E-state index in [9.17, 15) is 4.79 Å².